The number of carbonyl (C=O) groups is 1. The molecule has 0 fully saturated rings. The number of nitrogens with two attached hydrogens (primary N) is 1. The number of halogens is 2. The first-order chi connectivity index (χ1) is 9.88. The first kappa shape index (κ1) is 14.3. The highest BCUT2D eigenvalue weighted by Gasteiger charge is 2.19. The number of ether oxygens (including phenoxy) is 1. The number of primary amides is 1. The predicted octanol–water partition coefficient (Wildman–Crippen LogP) is 2.16. The highest BCUT2D eigenvalue weighted by atomic mass is 19.1. The van der Waals surface area contributed by atoms with E-state index in [2.05, 4.69) is 4.98 Å². The van der Waals surface area contributed by atoms with Crippen molar-refractivity contribution in [2.45, 2.75) is 0 Å². The minimum absolute atomic E-state index is 0.0183. The number of amides is 1. The third-order valence-corrected chi connectivity index (χ3v) is 2.41. The topological polar surface area (TPSA) is 108 Å². The van der Waals surface area contributed by atoms with Gasteiger partial charge in [0.25, 0.3) is 5.69 Å². The molecule has 0 saturated carbocycles. The van der Waals surface area contributed by atoms with Crippen molar-refractivity contribution >= 4 is 11.6 Å². The molecule has 9 heteroatoms. The molecule has 0 aliphatic heterocycles. The first-order valence-electron chi connectivity index (χ1n) is 5.44. The van der Waals surface area contributed by atoms with Gasteiger partial charge in [-0.25, -0.2) is 8.78 Å². The zero-order chi connectivity index (χ0) is 15.6. The van der Waals surface area contributed by atoms with Gasteiger partial charge in [-0.15, -0.1) is 0 Å². The predicted molar refractivity (Wildman–Crippen MR) is 65.8 cm³/mol. The molecule has 0 radical (unpaired) electrons. The first-order valence-corrected chi connectivity index (χ1v) is 5.44. The van der Waals surface area contributed by atoms with E-state index in [0.29, 0.717) is 12.1 Å². The molecule has 1 heterocycles. The molecular weight excluding hydrogens is 288 g/mol. The van der Waals surface area contributed by atoms with Crippen LogP contribution in [0.3, 0.4) is 0 Å². The minimum atomic E-state index is -1.26. The molecule has 2 rings (SSSR count). The molecule has 0 unspecified atom stereocenters. The third-order valence-electron chi connectivity index (χ3n) is 2.41. The Morgan fingerprint density at radius 3 is 2.38 bits per heavy atom. The largest absolute Gasteiger partial charge is 0.450 e. The smallest absolute Gasteiger partial charge is 0.275 e. The summed E-state index contributed by atoms with van der Waals surface area (Å²) < 4.78 is 32.2. The van der Waals surface area contributed by atoms with E-state index in [1.807, 2.05) is 0 Å². The zero-order valence-electron chi connectivity index (χ0n) is 10.2. The summed E-state index contributed by atoms with van der Waals surface area (Å²) in [5, 5.41) is 10.5. The van der Waals surface area contributed by atoms with Gasteiger partial charge < -0.3 is 10.5 Å². The average Bonchev–Trinajstić information content (AvgIpc) is 2.42. The Morgan fingerprint density at radius 2 is 1.86 bits per heavy atom. The van der Waals surface area contributed by atoms with E-state index in [0.717, 1.165) is 18.5 Å². The molecule has 0 atom stereocenters. The number of nitrogens with zero attached hydrogens (tertiary/aromatic N) is 2. The number of pyridine rings is 1. The second-order valence-corrected chi connectivity index (χ2v) is 3.87. The summed E-state index contributed by atoms with van der Waals surface area (Å²) in [6.45, 7) is 0. The van der Waals surface area contributed by atoms with Crippen molar-refractivity contribution in [1.82, 2.24) is 4.98 Å². The molecule has 1 amide bonds. The lowest BCUT2D eigenvalue weighted by Gasteiger charge is -2.08. The van der Waals surface area contributed by atoms with Crippen LogP contribution in [-0.4, -0.2) is 15.8 Å². The molecule has 0 bridgehead atoms. The minimum Gasteiger partial charge on any atom is -0.450 e. The van der Waals surface area contributed by atoms with Gasteiger partial charge in [0.1, 0.15) is 5.75 Å². The number of aromatic nitrogens is 1. The van der Waals surface area contributed by atoms with Crippen LogP contribution in [0.1, 0.15) is 10.4 Å². The fraction of sp³-hybridized carbons (Fsp3) is 0. The number of hydrogen-bond acceptors (Lipinski definition) is 5. The number of hydrogen-bond donors (Lipinski definition) is 1. The Morgan fingerprint density at radius 1 is 1.24 bits per heavy atom. The number of nitro benzene ring substituents is 1. The molecule has 2 aromatic rings. The lowest BCUT2D eigenvalue weighted by molar-refractivity contribution is -0.385. The van der Waals surface area contributed by atoms with Crippen LogP contribution in [0.4, 0.5) is 14.5 Å². The number of rotatable bonds is 4. The van der Waals surface area contributed by atoms with Gasteiger partial charge in [-0.3, -0.25) is 19.9 Å². The lowest BCUT2D eigenvalue weighted by Crippen LogP contribution is -2.11. The summed E-state index contributed by atoms with van der Waals surface area (Å²) in [7, 11) is 0. The molecule has 21 heavy (non-hydrogen) atoms. The van der Waals surface area contributed by atoms with E-state index >= 15 is 0 Å². The van der Waals surface area contributed by atoms with Crippen molar-refractivity contribution in [2.75, 3.05) is 0 Å². The molecule has 7 nitrogen and oxygen atoms in total. The highest BCUT2D eigenvalue weighted by molar-refractivity contribution is 5.92. The third kappa shape index (κ3) is 3.08. The van der Waals surface area contributed by atoms with Crippen molar-refractivity contribution in [3.05, 3.63) is 57.9 Å². The van der Waals surface area contributed by atoms with E-state index in [1.165, 1.54) is 0 Å². The Hall–Kier alpha value is -3.10. The standard InChI is InChI=1S/C12H7F2N3O4/c13-9-2-7(17(19)20)3-10(14)11(9)21-8-1-6(12(15)18)4-16-5-8/h1-5H,(H2,15,18). The summed E-state index contributed by atoms with van der Waals surface area (Å²) >= 11 is 0. The van der Waals surface area contributed by atoms with E-state index < -0.39 is 33.9 Å². The summed E-state index contributed by atoms with van der Waals surface area (Å²) in [4.78, 5) is 24.1. The van der Waals surface area contributed by atoms with Gasteiger partial charge >= 0.3 is 0 Å². The molecule has 0 saturated heterocycles. The highest BCUT2D eigenvalue weighted by Crippen LogP contribution is 2.30. The zero-order valence-corrected chi connectivity index (χ0v) is 10.2. The van der Waals surface area contributed by atoms with E-state index in [-0.39, 0.29) is 11.3 Å². The monoisotopic (exact) mass is 295 g/mol. The lowest BCUT2D eigenvalue weighted by atomic mass is 10.2. The fourth-order valence-corrected chi connectivity index (χ4v) is 1.48. The van der Waals surface area contributed by atoms with Gasteiger partial charge in [0, 0.05) is 6.20 Å². The summed E-state index contributed by atoms with van der Waals surface area (Å²) in [6.07, 6.45) is 2.25. The van der Waals surface area contributed by atoms with Crippen LogP contribution in [0.25, 0.3) is 0 Å². The van der Waals surface area contributed by atoms with E-state index in [4.69, 9.17) is 10.5 Å². The quantitative estimate of drug-likeness (QED) is 0.686. The van der Waals surface area contributed by atoms with E-state index in [1.54, 1.807) is 0 Å². The van der Waals surface area contributed by atoms with Crippen molar-refractivity contribution in [3.8, 4) is 11.5 Å². The van der Waals surface area contributed by atoms with Crippen LogP contribution < -0.4 is 10.5 Å². The van der Waals surface area contributed by atoms with Gasteiger partial charge in [-0.1, -0.05) is 0 Å². The van der Waals surface area contributed by atoms with Gasteiger partial charge in [-0.05, 0) is 6.07 Å². The Kier molecular flexibility index (Phi) is 3.74. The fourth-order valence-electron chi connectivity index (χ4n) is 1.48. The molecular formula is C12H7F2N3O4. The van der Waals surface area contributed by atoms with Gasteiger partial charge in [0.05, 0.1) is 28.8 Å². The van der Waals surface area contributed by atoms with Crippen molar-refractivity contribution in [3.63, 3.8) is 0 Å². The Balaban J connectivity index is 2.38. The second kappa shape index (κ2) is 5.49. The number of carbonyl (C=O) groups excluding carboxylic acids is 1. The number of non-ortho nitro benzene ring substituents is 1. The van der Waals surface area contributed by atoms with Crippen LogP contribution in [0.2, 0.25) is 0 Å². The summed E-state index contributed by atoms with van der Waals surface area (Å²) in [5.74, 6) is -4.29. The maximum absolute atomic E-state index is 13.6. The summed E-state index contributed by atoms with van der Waals surface area (Å²) in [5.41, 5.74) is 4.26. The Labute approximate surface area is 116 Å². The van der Waals surface area contributed by atoms with Crippen molar-refractivity contribution < 1.29 is 23.2 Å². The molecule has 0 aliphatic carbocycles. The van der Waals surface area contributed by atoms with Gasteiger partial charge in [0.15, 0.2) is 17.4 Å². The molecule has 1 aromatic heterocycles. The molecule has 108 valence electrons. The van der Waals surface area contributed by atoms with Crippen molar-refractivity contribution in [1.29, 1.82) is 0 Å². The Bertz CT molecular complexity index is 713. The second-order valence-electron chi connectivity index (χ2n) is 3.87. The van der Waals surface area contributed by atoms with E-state index in [9.17, 15) is 23.7 Å². The normalized spacial score (nSPS) is 10.2. The number of nitro groups is 1. The van der Waals surface area contributed by atoms with Crippen LogP contribution in [-0.2, 0) is 0 Å². The molecule has 0 spiro atoms. The molecule has 1 aromatic carbocycles. The SMILES string of the molecule is NC(=O)c1cncc(Oc2c(F)cc([N+](=O)[O-])cc2F)c1. The van der Waals surface area contributed by atoms with Gasteiger partial charge in [0.2, 0.25) is 5.91 Å². The summed E-state index contributed by atoms with van der Waals surface area (Å²) in [6, 6.07) is 2.17. The van der Waals surface area contributed by atoms with Gasteiger partial charge in [-0.2, -0.15) is 0 Å². The van der Waals surface area contributed by atoms with Crippen molar-refractivity contribution in [2.24, 2.45) is 5.73 Å². The molecule has 2 N–H and O–H groups in total. The number of benzene rings is 1. The van der Waals surface area contributed by atoms with Crippen LogP contribution in [0.5, 0.6) is 11.5 Å². The molecule has 0 aliphatic rings. The van der Waals surface area contributed by atoms with Crippen LogP contribution in [0, 0.1) is 21.7 Å². The average molecular weight is 295 g/mol. The van der Waals surface area contributed by atoms with Crippen LogP contribution in [0.15, 0.2) is 30.6 Å². The maximum atomic E-state index is 13.6. The maximum Gasteiger partial charge on any atom is 0.275 e. The van der Waals surface area contributed by atoms with Crippen LogP contribution >= 0.6 is 0 Å².